The van der Waals surface area contributed by atoms with Crippen LogP contribution in [-0.2, 0) is 10.8 Å². The lowest BCUT2D eigenvalue weighted by atomic mass is 9.55. The fourth-order valence-electron chi connectivity index (χ4n) is 10.6. The summed E-state index contributed by atoms with van der Waals surface area (Å²) in [6.45, 7) is 4.80. The number of fused-ring (bicyclic) bond motifs is 13. The average molecular weight is 682 g/mol. The maximum absolute atomic E-state index is 6.56. The first-order valence-corrected chi connectivity index (χ1v) is 18.6. The number of hydrogen-bond donors (Lipinski definition) is 0. The van der Waals surface area contributed by atoms with Gasteiger partial charge in [0.05, 0.1) is 22.1 Å². The molecule has 244 valence electrons. The summed E-state index contributed by atoms with van der Waals surface area (Å²) < 4.78 is 2.57. The predicted molar refractivity (Wildman–Crippen MR) is 217 cm³/mol. The Labute approximate surface area is 307 Å². The van der Waals surface area contributed by atoms with Gasteiger partial charge in [-0.15, -0.1) is 0 Å². The summed E-state index contributed by atoms with van der Waals surface area (Å²) in [5, 5.41) is 5.67. The fourth-order valence-corrected chi connectivity index (χ4v) is 10.7. The molecule has 52 heavy (non-hydrogen) atoms. The van der Waals surface area contributed by atoms with Crippen LogP contribution in [0.5, 0.6) is 0 Å². The third kappa shape index (κ3) is 3.28. The SMILES string of the molecule is CC1(C)c2ccccc2C2(c3ccccc31)c1ccc(-c3ccc4ccc(Cl)cc4c3)c3c1-c1c2ccc2c4ccccc4n(c12)-c1ccccc1-3. The van der Waals surface area contributed by atoms with Gasteiger partial charge in [-0.2, -0.15) is 0 Å². The maximum Gasteiger partial charge on any atom is 0.0720 e. The van der Waals surface area contributed by atoms with Crippen LogP contribution in [0, 0.1) is 0 Å². The minimum Gasteiger partial charge on any atom is -0.308 e. The highest BCUT2D eigenvalue weighted by Crippen LogP contribution is 2.66. The van der Waals surface area contributed by atoms with Gasteiger partial charge in [0, 0.05) is 32.3 Å². The van der Waals surface area contributed by atoms with E-state index >= 15 is 0 Å². The van der Waals surface area contributed by atoms with Crippen molar-refractivity contribution in [3.05, 3.63) is 196 Å². The van der Waals surface area contributed by atoms with E-state index in [9.17, 15) is 0 Å². The number of hydrogen-bond acceptors (Lipinski definition) is 0. The molecule has 2 heterocycles. The van der Waals surface area contributed by atoms with Crippen molar-refractivity contribution in [1.82, 2.24) is 4.57 Å². The third-order valence-electron chi connectivity index (χ3n) is 12.6. The van der Waals surface area contributed by atoms with Crippen LogP contribution in [0.15, 0.2) is 158 Å². The van der Waals surface area contributed by atoms with E-state index in [0.717, 1.165) is 10.4 Å². The van der Waals surface area contributed by atoms with E-state index in [1.807, 2.05) is 6.07 Å². The molecule has 1 aliphatic heterocycles. The second-order valence-corrected chi connectivity index (χ2v) is 15.8. The van der Waals surface area contributed by atoms with Crippen LogP contribution in [0.4, 0.5) is 0 Å². The summed E-state index contributed by atoms with van der Waals surface area (Å²) in [6, 6.07) is 59.3. The molecule has 2 aliphatic carbocycles. The lowest BCUT2D eigenvalue weighted by Crippen LogP contribution is -2.40. The zero-order valence-electron chi connectivity index (χ0n) is 28.8. The van der Waals surface area contributed by atoms with Crippen LogP contribution >= 0.6 is 11.6 Å². The van der Waals surface area contributed by atoms with Crippen molar-refractivity contribution >= 4 is 44.2 Å². The molecule has 0 saturated carbocycles. The first-order chi connectivity index (χ1) is 25.5. The zero-order valence-corrected chi connectivity index (χ0v) is 29.6. The summed E-state index contributed by atoms with van der Waals surface area (Å²) in [5.74, 6) is 0. The predicted octanol–water partition coefficient (Wildman–Crippen LogP) is 13.2. The summed E-state index contributed by atoms with van der Waals surface area (Å²) in [7, 11) is 0. The molecule has 9 aromatic rings. The van der Waals surface area contributed by atoms with Crippen molar-refractivity contribution in [2.24, 2.45) is 0 Å². The van der Waals surface area contributed by atoms with Crippen LogP contribution in [0.1, 0.15) is 47.2 Å². The molecule has 0 fully saturated rings. The molecule has 2 heteroatoms. The lowest BCUT2D eigenvalue weighted by molar-refractivity contribution is 0.563. The van der Waals surface area contributed by atoms with Crippen LogP contribution in [0.3, 0.4) is 0 Å². The van der Waals surface area contributed by atoms with Crippen molar-refractivity contribution in [3.63, 3.8) is 0 Å². The molecule has 12 rings (SSSR count). The Kier molecular flexibility index (Phi) is 5.37. The van der Waals surface area contributed by atoms with Gasteiger partial charge in [0.1, 0.15) is 0 Å². The van der Waals surface area contributed by atoms with Gasteiger partial charge in [-0.3, -0.25) is 0 Å². The van der Waals surface area contributed by atoms with Crippen LogP contribution in [0.2, 0.25) is 5.02 Å². The number of nitrogens with zero attached hydrogens (tertiary/aromatic N) is 1. The lowest BCUT2D eigenvalue weighted by Gasteiger charge is -2.46. The monoisotopic (exact) mass is 681 g/mol. The van der Waals surface area contributed by atoms with Crippen molar-refractivity contribution in [1.29, 1.82) is 0 Å². The summed E-state index contributed by atoms with van der Waals surface area (Å²) in [4.78, 5) is 0. The Morgan fingerprint density at radius 2 is 1.12 bits per heavy atom. The van der Waals surface area contributed by atoms with E-state index in [2.05, 4.69) is 170 Å². The van der Waals surface area contributed by atoms with Crippen molar-refractivity contribution in [2.45, 2.75) is 24.7 Å². The van der Waals surface area contributed by atoms with Gasteiger partial charge in [0.15, 0.2) is 0 Å². The third-order valence-corrected chi connectivity index (χ3v) is 12.9. The van der Waals surface area contributed by atoms with Crippen LogP contribution < -0.4 is 0 Å². The van der Waals surface area contributed by atoms with Crippen LogP contribution in [-0.4, -0.2) is 4.57 Å². The topological polar surface area (TPSA) is 4.93 Å². The van der Waals surface area contributed by atoms with Gasteiger partial charge in [0.25, 0.3) is 0 Å². The molecule has 0 atom stereocenters. The zero-order chi connectivity index (χ0) is 34.5. The smallest absolute Gasteiger partial charge is 0.0720 e. The number of benzene rings is 8. The molecule has 0 amide bonds. The molecule has 1 spiro atoms. The quantitative estimate of drug-likeness (QED) is 0.162. The Bertz CT molecular complexity index is 3020. The number of halogens is 1. The molecule has 0 saturated heterocycles. The Balaban J connectivity index is 1.34. The highest BCUT2D eigenvalue weighted by molar-refractivity contribution is 6.31. The molecule has 8 aromatic carbocycles. The number of aromatic nitrogens is 1. The first kappa shape index (κ1) is 28.8. The molecule has 1 aromatic heterocycles. The molecular weight excluding hydrogens is 650 g/mol. The minimum atomic E-state index is -0.487. The van der Waals surface area contributed by atoms with E-state index in [0.29, 0.717) is 0 Å². The summed E-state index contributed by atoms with van der Waals surface area (Å²) >= 11 is 6.56. The molecule has 3 aliphatic rings. The van der Waals surface area contributed by atoms with Gasteiger partial charge in [-0.1, -0.05) is 153 Å². The Hall–Kier alpha value is -5.89. The highest BCUT2D eigenvalue weighted by atomic mass is 35.5. The second kappa shape index (κ2) is 9.70. The molecular formula is C50H32ClN. The van der Waals surface area contributed by atoms with Gasteiger partial charge < -0.3 is 4.57 Å². The van der Waals surface area contributed by atoms with E-state index in [1.165, 1.54) is 99.6 Å². The van der Waals surface area contributed by atoms with Gasteiger partial charge in [-0.25, -0.2) is 0 Å². The van der Waals surface area contributed by atoms with E-state index in [-0.39, 0.29) is 5.41 Å². The van der Waals surface area contributed by atoms with Crippen molar-refractivity contribution in [3.8, 4) is 39.1 Å². The molecule has 1 nitrogen and oxygen atoms in total. The first-order valence-electron chi connectivity index (χ1n) is 18.2. The largest absolute Gasteiger partial charge is 0.308 e. The van der Waals surface area contributed by atoms with E-state index < -0.39 is 5.41 Å². The summed E-state index contributed by atoms with van der Waals surface area (Å²) in [5.41, 5.74) is 19.1. The van der Waals surface area contributed by atoms with Gasteiger partial charge >= 0.3 is 0 Å². The molecule has 0 N–H and O–H groups in total. The fraction of sp³-hybridized carbons (Fsp3) is 0.0800. The molecule has 0 bridgehead atoms. The normalized spacial score (nSPS) is 15.1. The van der Waals surface area contributed by atoms with E-state index in [4.69, 9.17) is 11.6 Å². The maximum atomic E-state index is 6.56. The van der Waals surface area contributed by atoms with Crippen LogP contribution in [0.25, 0.3) is 71.6 Å². The Morgan fingerprint density at radius 1 is 0.462 bits per heavy atom. The van der Waals surface area contributed by atoms with E-state index in [1.54, 1.807) is 0 Å². The Morgan fingerprint density at radius 3 is 1.92 bits per heavy atom. The summed E-state index contributed by atoms with van der Waals surface area (Å²) in [6.07, 6.45) is 0. The standard InChI is InChI=1S/C50H32ClN/c1-49(2)37-13-5-7-15-39(37)50(40-16-8-6-14-38(40)49)41-25-23-33(30-20-19-29-21-22-32(51)28-31(29)27-30)45-36-12-4-10-18-44(36)52-43-17-9-3-11-34(43)35-24-26-42(50)47(46(41)45)48(35)52/h3-28H,1-2H3. The van der Waals surface area contributed by atoms with Gasteiger partial charge in [-0.05, 0) is 96.7 Å². The molecule has 0 unspecified atom stereocenters. The number of rotatable bonds is 1. The minimum absolute atomic E-state index is 0.154. The molecule has 0 radical (unpaired) electrons. The second-order valence-electron chi connectivity index (χ2n) is 15.3. The van der Waals surface area contributed by atoms with Crippen molar-refractivity contribution in [2.75, 3.05) is 0 Å². The van der Waals surface area contributed by atoms with Gasteiger partial charge in [0.2, 0.25) is 0 Å². The highest BCUT2D eigenvalue weighted by Gasteiger charge is 2.55. The van der Waals surface area contributed by atoms with Crippen molar-refractivity contribution < 1.29 is 0 Å². The average Bonchev–Trinajstić information content (AvgIpc) is 3.62. The number of para-hydroxylation sites is 2.